The molecule has 0 spiro atoms. The summed E-state index contributed by atoms with van der Waals surface area (Å²) in [6, 6.07) is 0. The molecular formula is C22H35BrN2O4. The van der Waals surface area contributed by atoms with Crippen LogP contribution in [-0.4, -0.2) is 57.0 Å². The molecule has 1 aliphatic rings. The smallest absolute Gasteiger partial charge is 0.237 e. The third-order valence-corrected chi connectivity index (χ3v) is 4.82. The molecule has 0 aromatic rings. The van der Waals surface area contributed by atoms with E-state index in [4.69, 9.17) is 14.3 Å². The zero-order valence-corrected chi connectivity index (χ0v) is 19.4. The highest BCUT2D eigenvalue weighted by Crippen LogP contribution is 2.13. The average molecular weight is 471 g/mol. The Morgan fingerprint density at radius 2 is 2.14 bits per heavy atom. The van der Waals surface area contributed by atoms with E-state index in [0.29, 0.717) is 24.8 Å². The Morgan fingerprint density at radius 3 is 2.79 bits per heavy atom. The molecule has 1 N–H and O–H groups in total. The standard InChI is InChI=1S/C22H35BrN2O4/c1-5-7-20(23)10-9-18(3)28-17-21(8-6-2)29-25(4)16-22(26)24-15-19-11-13-27-14-12-19/h5,7-10,18-19H,1,6,11-17H2,2-4H3,(H,24,26)/b10-9-,20-7+,21-8-. The van der Waals surface area contributed by atoms with Crippen LogP contribution in [0.2, 0.25) is 0 Å². The lowest BCUT2D eigenvalue weighted by molar-refractivity contribution is -0.142. The van der Waals surface area contributed by atoms with Crippen LogP contribution in [0.15, 0.2) is 47.2 Å². The molecule has 0 radical (unpaired) electrons. The molecule has 6 nitrogen and oxygen atoms in total. The Morgan fingerprint density at radius 1 is 1.41 bits per heavy atom. The third kappa shape index (κ3) is 12.7. The van der Waals surface area contributed by atoms with Crippen molar-refractivity contribution in [3.8, 4) is 0 Å². The van der Waals surface area contributed by atoms with Crippen molar-refractivity contribution in [1.82, 2.24) is 10.4 Å². The molecule has 1 saturated heterocycles. The fraction of sp³-hybridized carbons (Fsp3) is 0.591. The second-order valence-electron chi connectivity index (χ2n) is 6.98. The van der Waals surface area contributed by atoms with Gasteiger partial charge in [-0.2, -0.15) is 0 Å². The fourth-order valence-electron chi connectivity index (χ4n) is 2.71. The molecule has 1 heterocycles. The predicted octanol–water partition coefficient (Wildman–Crippen LogP) is 4.11. The monoisotopic (exact) mass is 470 g/mol. The summed E-state index contributed by atoms with van der Waals surface area (Å²) < 4.78 is 12.1. The van der Waals surface area contributed by atoms with Crippen molar-refractivity contribution in [3.05, 3.63) is 47.2 Å². The quantitative estimate of drug-likeness (QED) is 0.249. The van der Waals surface area contributed by atoms with Crippen LogP contribution in [-0.2, 0) is 19.1 Å². The van der Waals surface area contributed by atoms with Crippen LogP contribution in [0.25, 0.3) is 0 Å². The van der Waals surface area contributed by atoms with E-state index in [-0.39, 0.29) is 18.6 Å². The molecule has 0 aliphatic carbocycles. The van der Waals surface area contributed by atoms with Gasteiger partial charge >= 0.3 is 0 Å². The van der Waals surface area contributed by atoms with Gasteiger partial charge in [-0.25, -0.2) is 0 Å². The summed E-state index contributed by atoms with van der Waals surface area (Å²) in [6.07, 6.45) is 12.1. The molecule has 0 aromatic heterocycles. The van der Waals surface area contributed by atoms with Gasteiger partial charge in [-0.1, -0.05) is 41.6 Å². The normalized spacial score (nSPS) is 17.6. The van der Waals surface area contributed by atoms with Crippen LogP contribution in [0.4, 0.5) is 0 Å². The molecule has 1 fully saturated rings. The number of nitrogens with zero attached hydrogens (tertiary/aromatic N) is 1. The number of amides is 1. The van der Waals surface area contributed by atoms with Crippen molar-refractivity contribution >= 4 is 21.8 Å². The highest BCUT2D eigenvalue weighted by molar-refractivity contribution is 9.11. The van der Waals surface area contributed by atoms with Crippen LogP contribution < -0.4 is 5.32 Å². The SMILES string of the molecule is C=C/C=C(Br)\C=C/C(C)OC/C(=C/CC)ON(C)CC(=O)NCC1CCOCC1. The summed E-state index contributed by atoms with van der Waals surface area (Å²) in [7, 11) is 1.75. The second kappa shape index (κ2) is 15.4. The summed E-state index contributed by atoms with van der Waals surface area (Å²) in [5, 5.41) is 4.52. The van der Waals surface area contributed by atoms with Gasteiger partial charge in [0.15, 0.2) is 0 Å². The highest BCUT2D eigenvalue weighted by Gasteiger charge is 2.16. The molecule has 1 rings (SSSR count). The van der Waals surface area contributed by atoms with Gasteiger partial charge in [0.05, 0.1) is 6.10 Å². The largest absolute Gasteiger partial charge is 0.408 e. The number of likely N-dealkylation sites (N-methyl/N-ethyl adjacent to an activating group) is 1. The van der Waals surface area contributed by atoms with Gasteiger partial charge in [0, 0.05) is 31.3 Å². The zero-order chi connectivity index (χ0) is 21.5. The minimum atomic E-state index is -0.0855. The number of ether oxygens (including phenoxy) is 2. The Labute approximate surface area is 183 Å². The fourth-order valence-corrected chi connectivity index (χ4v) is 3.05. The minimum absolute atomic E-state index is 0.0501. The molecule has 1 aliphatic heterocycles. The summed E-state index contributed by atoms with van der Waals surface area (Å²) in [5.74, 6) is 1.14. The zero-order valence-electron chi connectivity index (χ0n) is 17.9. The van der Waals surface area contributed by atoms with E-state index in [9.17, 15) is 4.79 Å². The van der Waals surface area contributed by atoms with E-state index in [1.54, 1.807) is 13.1 Å². The van der Waals surface area contributed by atoms with Crippen LogP contribution in [0.3, 0.4) is 0 Å². The number of hydrogen-bond acceptors (Lipinski definition) is 5. The van der Waals surface area contributed by atoms with E-state index in [1.165, 1.54) is 5.06 Å². The number of allylic oxidation sites excluding steroid dienone is 5. The molecular weight excluding hydrogens is 436 g/mol. The van der Waals surface area contributed by atoms with E-state index in [0.717, 1.165) is 37.0 Å². The van der Waals surface area contributed by atoms with Gasteiger partial charge in [0.2, 0.25) is 5.91 Å². The number of carbonyl (C=O) groups excluding carboxylic acids is 1. The van der Waals surface area contributed by atoms with E-state index in [2.05, 4.69) is 27.8 Å². The van der Waals surface area contributed by atoms with Crippen molar-refractivity contribution < 1.29 is 19.1 Å². The lowest BCUT2D eigenvalue weighted by atomic mass is 10.0. The summed E-state index contributed by atoms with van der Waals surface area (Å²) in [5.41, 5.74) is 0. The number of carbonyl (C=O) groups is 1. The molecule has 7 heteroatoms. The molecule has 29 heavy (non-hydrogen) atoms. The maximum absolute atomic E-state index is 12.2. The topological polar surface area (TPSA) is 60.0 Å². The van der Waals surface area contributed by atoms with Crippen molar-refractivity contribution in [3.63, 3.8) is 0 Å². The summed E-state index contributed by atoms with van der Waals surface area (Å²) >= 11 is 3.43. The first-order chi connectivity index (χ1) is 13.9. The first-order valence-electron chi connectivity index (χ1n) is 10.1. The van der Waals surface area contributed by atoms with Crippen LogP contribution in [0.5, 0.6) is 0 Å². The molecule has 0 aromatic carbocycles. The molecule has 1 unspecified atom stereocenters. The second-order valence-corrected chi connectivity index (χ2v) is 7.89. The van der Waals surface area contributed by atoms with Gasteiger partial charge in [-0.05, 0) is 50.3 Å². The van der Waals surface area contributed by atoms with Gasteiger partial charge in [-0.15, -0.1) is 5.06 Å². The van der Waals surface area contributed by atoms with E-state index < -0.39 is 0 Å². The number of rotatable bonds is 13. The van der Waals surface area contributed by atoms with Gasteiger partial charge < -0.3 is 19.6 Å². The molecule has 0 bridgehead atoms. The first kappa shape index (κ1) is 25.6. The molecule has 164 valence electrons. The highest BCUT2D eigenvalue weighted by atomic mass is 79.9. The van der Waals surface area contributed by atoms with Crippen molar-refractivity contribution in [2.75, 3.05) is 40.0 Å². The number of nitrogens with one attached hydrogen (secondary N) is 1. The summed E-state index contributed by atoms with van der Waals surface area (Å²) in [6.45, 7) is 10.4. The molecule has 1 atom stereocenters. The Kier molecular flexibility index (Phi) is 13.6. The minimum Gasteiger partial charge on any atom is -0.408 e. The Balaban J connectivity index is 2.37. The van der Waals surface area contributed by atoms with Crippen LogP contribution in [0, 0.1) is 5.92 Å². The Hall–Kier alpha value is -1.41. The Bertz CT molecular complexity index is 583. The van der Waals surface area contributed by atoms with Gasteiger partial charge in [0.25, 0.3) is 0 Å². The third-order valence-electron chi connectivity index (χ3n) is 4.29. The number of halogens is 1. The van der Waals surface area contributed by atoms with Crippen molar-refractivity contribution in [2.24, 2.45) is 5.92 Å². The first-order valence-corrected chi connectivity index (χ1v) is 10.9. The van der Waals surface area contributed by atoms with Crippen LogP contribution in [0.1, 0.15) is 33.1 Å². The predicted molar refractivity (Wildman–Crippen MR) is 120 cm³/mol. The number of hydroxylamine groups is 2. The van der Waals surface area contributed by atoms with E-state index in [1.807, 2.05) is 38.2 Å². The maximum atomic E-state index is 12.2. The van der Waals surface area contributed by atoms with E-state index >= 15 is 0 Å². The maximum Gasteiger partial charge on any atom is 0.237 e. The molecule has 0 saturated carbocycles. The lowest BCUT2D eigenvalue weighted by Crippen LogP contribution is -2.38. The lowest BCUT2D eigenvalue weighted by Gasteiger charge is -2.23. The van der Waals surface area contributed by atoms with Gasteiger partial charge in [0.1, 0.15) is 18.9 Å². The number of hydrogen-bond donors (Lipinski definition) is 1. The summed E-state index contributed by atoms with van der Waals surface area (Å²) in [4.78, 5) is 18.0. The average Bonchev–Trinajstić information content (AvgIpc) is 2.70. The van der Waals surface area contributed by atoms with Crippen molar-refractivity contribution in [2.45, 2.75) is 39.2 Å². The van der Waals surface area contributed by atoms with Crippen LogP contribution >= 0.6 is 15.9 Å². The van der Waals surface area contributed by atoms with Crippen molar-refractivity contribution in [1.29, 1.82) is 0 Å². The molecule has 1 amide bonds. The van der Waals surface area contributed by atoms with Gasteiger partial charge in [-0.3, -0.25) is 4.79 Å².